The molecular weight excluding hydrogens is 372 g/mol. The summed E-state index contributed by atoms with van der Waals surface area (Å²) in [5, 5.41) is 5.91. The maximum atomic E-state index is 12.6. The molecule has 2 N–H and O–H groups in total. The van der Waals surface area contributed by atoms with Gasteiger partial charge < -0.3 is 24.8 Å². The first kappa shape index (κ1) is 18.5. The van der Waals surface area contributed by atoms with E-state index in [1.807, 2.05) is 31.2 Å². The van der Waals surface area contributed by atoms with Gasteiger partial charge in [-0.2, -0.15) is 0 Å². The average molecular weight is 392 g/mol. The number of carbonyl (C=O) groups excluding carboxylic acids is 1. The van der Waals surface area contributed by atoms with Crippen molar-refractivity contribution in [1.29, 1.82) is 0 Å². The van der Waals surface area contributed by atoms with Crippen molar-refractivity contribution >= 4 is 23.2 Å². The SMILES string of the molecule is CCOc1ccccc1Nc1nccc(C(=O)Nc2ccc3c(c2)OCCO3)n1. The summed E-state index contributed by atoms with van der Waals surface area (Å²) in [6.07, 6.45) is 1.53. The van der Waals surface area contributed by atoms with E-state index in [1.54, 1.807) is 24.3 Å². The van der Waals surface area contributed by atoms with E-state index >= 15 is 0 Å². The maximum Gasteiger partial charge on any atom is 0.274 e. The van der Waals surface area contributed by atoms with Gasteiger partial charge in [0.25, 0.3) is 5.91 Å². The Morgan fingerprint density at radius 1 is 1.10 bits per heavy atom. The first-order valence-corrected chi connectivity index (χ1v) is 9.26. The third kappa shape index (κ3) is 4.37. The minimum Gasteiger partial charge on any atom is -0.492 e. The number of benzene rings is 2. The van der Waals surface area contributed by atoms with Crippen LogP contribution in [0.15, 0.2) is 54.7 Å². The number of ether oxygens (including phenoxy) is 3. The fourth-order valence-corrected chi connectivity index (χ4v) is 2.83. The van der Waals surface area contributed by atoms with Gasteiger partial charge in [0.15, 0.2) is 11.5 Å². The molecule has 1 aliphatic rings. The van der Waals surface area contributed by atoms with Gasteiger partial charge in [0.2, 0.25) is 5.95 Å². The number of nitrogens with zero attached hydrogens (tertiary/aromatic N) is 2. The highest BCUT2D eigenvalue weighted by atomic mass is 16.6. The molecule has 0 saturated carbocycles. The third-order valence-corrected chi connectivity index (χ3v) is 4.12. The van der Waals surface area contributed by atoms with Crippen molar-refractivity contribution in [3.05, 3.63) is 60.4 Å². The molecule has 0 spiro atoms. The van der Waals surface area contributed by atoms with Crippen LogP contribution < -0.4 is 24.8 Å². The number of rotatable bonds is 6. The Labute approximate surface area is 167 Å². The van der Waals surface area contributed by atoms with E-state index in [4.69, 9.17) is 14.2 Å². The van der Waals surface area contributed by atoms with Gasteiger partial charge in [-0.3, -0.25) is 4.79 Å². The number of para-hydroxylation sites is 2. The number of hydrogen-bond acceptors (Lipinski definition) is 7. The molecule has 1 aromatic heterocycles. The lowest BCUT2D eigenvalue weighted by atomic mass is 10.2. The number of aromatic nitrogens is 2. The van der Waals surface area contributed by atoms with Crippen LogP contribution >= 0.6 is 0 Å². The van der Waals surface area contributed by atoms with Gasteiger partial charge in [-0.05, 0) is 37.3 Å². The molecule has 148 valence electrons. The Morgan fingerprint density at radius 2 is 1.93 bits per heavy atom. The second-order valence-electron chi connectivity index (χ2n) is 6.13. The van der Waals surface area contributed by atoms with Gasteiger partial charge in [-0.15, -0.1) is 0 Å². The van der Waals surface area contributed by atoms with E-state index in [-0.39, 0.29) is 11.6 Å². The van der Waals surface area contributed by atoms with Crippen molar-refractivity contribution in [3.8, 4) is 17.2 Å². The highest BCUT2D eigenvalue weighted by molar-refractivity contribution is 6.03. The molecule has 0 atom stereocenters. The third-order valence-electron chi connectivity index (χ3n) is 4.12. The Balaban J connectivity index is 1.49. The lowest BCUT2D eigenvalue weighted by molar-refractivity contribution is 0.102. The summed E-state index contributed by atoms with van der Waals surface area (Å²) in [4.78, 5) is 21.1. The van der Waals surface area contributed by atoms with E-state index in [9.17, 15) is 4.79 Å². The summed E-state index contributed by atoms with van der Waals surface area (Å²) in [6.45, 7) is 3.45. The molecule has 8 heteroatoms. The predicted octanol–water partition coefficient (Wildman–Crippen LogP) is 3.64. The van der Waals surface area contributed by atoms with Gasteiger partial charge in [-0.1, -0.05) is 12.1 Å². The van der Waals surface area contributed by atoms with E-state index in [2.05, 4.69) is 20.6 Å². The number of anilines is 3. The Hall–Kier alpha value is -3.81. The molecule has 0 radical (unpaired) electrons. The number of carbonyl (C=O) groups is 1. The van der Waals surface area contributed by atoms with E-state index in [1.165, 1.54) is 6.20 Å². The minimum absolute atomic E-state index is 0.228. The second-order valence-corrected chi connectivity index (χ2v) is 6.13. The van der Waals surface area contributed by atoms with Gasteiger partial charge in [-0.25, -0.2) is 9.97 Å². The molecule has 2 heterocycles. The zero-order chi connectivity index (χ0) is 20.1. The van der Waals surface area contributed by atoms with E-state index in [0.29, 0.717) is 48.7 Å². The standard InChI is InChI=1S/C21H20N4O4/c1-2-27-17-6-4-3-5-15(17)24-21-22-10-9-16(25-21)20(26)23-14-7-8-18-19(13-14)29-12-11-28-18/h3-10,13H,2,11-12H2,1H3,(H,23,26)(H,22,24,25). The second kappa shape index (κ2) is 8.47. The number of nitrogens with one attached hydrogen (secondary N) is 2. The number of hydrogen-bond donors (Lipinski definition) is 2. The minimum atomic E-state index is -0.356. The van der Waals surface area contributed by atoms with Gasteiger partial charge in [0.05, 0.1) is 12.3 Å². The summed E-state index contributed by atoms with van der Waals surface area (Å²) in [5.41, 5.74) is 1.54. The largest absolute Gasteiger partial charge is 0.492 e. The molecule has 0 aliphatic carbocycles. The first-order chi connectivity index (χ1) is 14.2. The van der Waals surface area contributed by atoms with Crippen LogP contribution in [-0.4, -0.2) is 35.7 Å². The van der Waals surface area contributed by atoms with Gasteiger partial charge in [0.1, 0.15) is 24.7 Å². The van der Waals surface area contributed by atoms with Crippen LogP contribution in [0, 0.1) is 0 Å². The molecule has 0 unspecified atom stereocenters. The highest BCUT2D eigenvalue weighted by Gasteiger charge is 2.15. The molecule has 1 amide bonds. The van der Waals surface area contributed by atoms with Crippen LogP contribution in [0.25, 0.3) is 0 Å². The zero-order valence-corrected chi connectivity index (χ0v) is 15.8. The van der Waals surface area contributed by atoms with Crippen molar-refractivity contribution in [3.63, 3.8) is 0 Å². The van der Waals surface area contributed by atoms with Crippen LogP contribution in [0.4, 0.5) is 17.3 Å². The van der Waals surface area contributed by atoms with Crippen LogP contribution in [-0.2, 0) is 0 Å². The summed E-state index contributed by atoms with van der Waals surface area (Å²) in [6, 6.07) is 14.3. The molecule has 1 aliphatic heterocycles. The van der Waals surface area contributed by atoms with Crippen LogP contribution in [0.3, 0.4) is 0 Å². The molecule has 3 aromatic rings. The number of amides is 1. The fraction of sp³-hybridized carbons (Fsp3) is 0.190. The van der Waals surface area contributed by atoms with Gasteiger partial charge >= 0.3 is 0 Å². The van der Waals surface area contributed by atoms with Crippen LogP contribution in [0.1, 0.15) is 17.4 Å². The summed E-state index contributed by atoms with van der Waals surface area (Å²) >= 11 is 0. The van der Waals surface area contributed by atoms with Crippen molar-refractivity contribution in [2.24, 2.45) is 0 Å². The lowest BCUT2D eigenvalue weighted by Gasteiger charge is -2.19. The molecule has 8 nitrogen and oxygen atoms in total. The normalized spacial score (nSPS) is 12.2. The molecule has 4 rings (SSSR count). The monoisotopic (exact) mass is 392 g/mol. The molecule has 0 bridgehead atoms. The highest BCUT2D eigenvalue weighted by Crippen LogP contribution is 2.32. The molecule has 0 fully saturated rings. The number of fused-ring (bicyclic) bond motifs is 1. The van der Waals surface area contributed by atoms with E-state index < -0.39 is 0 Å². The molecule has 2 aromatic carbocycles. The van der Waals surface area contributed by atoms with Crippen LogP contribution in [0.5, 0.6) is 17.2 Å². The van der Waals surface area contributed by atoms with Crippen molar-refractivity contribution in [2.75, 3.05) is 30.5 Å². The molecular formula is C21H20N4O4. The topological polar surface area (TPSA) is 94.6 Å². The lowest BCUT2D eigenvalue weighted by Crippen LogP contribution is -2.17. The molecule has 29 heavy (non-hydrogen) atoms. The van der Waals surface area contributed by atoms with Gasteiger partial charge in [0, 0.05) is 18.0 Å². The molecule has 0 saturated heterocycles. The quantitative estimate of drug-likeness (QED) is 0.661. The fourth-order valence-electron chi connectivity index (χ4n) is 2.83. The van der Waals surface area contributed by atoms with E-state index in [0.717, 1.165) is 5.69 Å². The van der Waals surface area contributed by atoms with Crippen LogP contribution in [0.2, 0.25) is 0 Å². The Bertz CT molecular complexity index is 1030. The Kier molecular flexibility index (Phi) is 5.42. The predicted molar refractivity (Wildman–Crippen MR) is 108 cm³/mol. The summed E-state index contributed by atoms with van der Waals surface area (Å²) in [7, 11) is 0. The summed E-state index contributed by atoms with van der Waals surface area (Å²) in [5.74, 6) is 1.89. The van der Waals surface area contributed by atoms with Crippen molar-refractivity contribution in [1.82, 2.24) is 9.97 Å². The smallest absolute Gasteiger partial charge is 0.274 e. The Morgan fingerprint density at radius 3 is 2.79 bits per heavy atom. The zero-order valence-electron chi connectivity index (χ0n) is 15.8. The first-order valence-electron chi connectivity index (χ1n) is 9.26. The maximum absolute atomic E-state index is 12.6. The van der Waals surface area contributed by atoms with Crippen molar-refractivity contribution < 1.29 is 19.0 Å². The van der Waals surface area contributed by atoms with Crippen molar-refractivity contribution in [2.45, 2.75) is 6.92 Å². The average Bonchev–Trinajstić information content (AvgIpc) is 2.75. The summed E-state index contributed by atoms with van der Waals surface area (Å²) < 4.78 is 16.6.